The van der Waals surface area contributed by atoms with Gasteiger partial charge >= 0.3 is 0 Å². The highest BCUT2D eigenvalue weighted by Gasteiger charge is 1.91. The Morgan fingerprint density at radius 1 is 1.83 bits per heavy atom. The minimum absolute atomic E-state index is 0.649. The fourth-order valence-electron chi connectivity index (χ4n) is 0.166. The summed E-state index contributed by atoms with van der Waals surface area (Å²) in [6.07, 6.45) is 1.69. The van der Waals surface area contributed by atoms with E-state index in [-0.39, 0.29) is 0 Å². The van der Waals surface area contributed by atoms with Crippen LogP contribution in [0.25, 0.3) is 0 Å². The minimum Gasteiger partial charge on any atom is -0.605 e. The molecule has 0 saturated carbocycles. The van der Waals surface area contributed by atoms with Crippen molar-refractivity contribution in [1.29, 1.82) is 0 Å². The molecule has 0 amide bonds. The second kappa shape index (κ2) is 3.84. The van der Waals surface area contributed by atoms with Crippen molar-refractivity contribution in [2.24, 2.45) is 0 Å². The molecule has 0 aromatic carbocycles. The molecule has 6 heavy (non-hydrogen) atoms. The summed E-state index contributed by atoms with van der Waals surface area (Å²) in [5.74, 6) is 0.948. The van der Waals surface area contributed by atoms with E-state index in [1.807, 2.05) is 6.92 Å². The molecule has 0 N–H and O–H groups in total. The summed E-state index contributed by atoms with van der Waals surface area (Å²) in [7, 11) is 0.809. The summed E-state index contributed by atoms with van der Waals surface area (Å²) < 4.78 is 10.1. The van der Waals surface area contributed by atoms with Crippen LogP contribution in [0.1, 0.15) is 6.92 Å². The van der Waals surface area contributed by atoms with Crippen molar-refractivity contribution in [2.45, 2.75) is 6.92 Å². The largest absolute Gasteiger partial charge is 0.605 e. The van der Waals surface area contributed by atoms with Crippen molar-refractivity contribution < 1.29 is 4.55 Å². The molecule has 0 aliphatic heterocycles. The Kier molecular flexibility index (Phi) is 4.26. The van der Waals surface area contributed by atoms with Crippen LogP contribution in [0.15, 0.2) is 0 Å². The van der Waals surface area contributed by atoms with Crippen molar-refractivity contribution in [2.75, 3.05) is 12.0 Å². The molecule has 1 nitrogen and oxygen atoms in total. The van der Waals surface area contributed by atoms with Crippen molar-refractivity contribution in [1.82, 2.24) is 0 Å². The molecule has 0 spiro atoms. The van der Waals surface area contributed by atoms with Gasteiger partial charge in [-0.3, -0.25) is 0 Å². The number of hydrogen-bond acceptors (Lipinski definition) is 2. The maximum Gasteiger partial charge on any atom is 0.107 e. The van der Waals surface area contributed by atoms with Gasteiger partial charge in [0.1, 0.15) is 6.26 Å². The van der Waals surface area contributed by atoms with Gasteiger partial charge in [-0.25, -0.2) is 0 Å². The second-order valence-electron chi connectivity index (χ2n) is 0.808. The highest BCUT2D eigenvalue weighted by molar-refractivity contribution is 8.71. The first-order chi connectivity index (χ1) is 2.77. The highest BCUT2D eigenvalue weighted by Crippen LogP contribution is 2.06. The van der Waals surface area contributed by atoms with Crippen molar-refractivity contribution in [3.05, 3.63) is 0 Å². The van der Waals surface area contributed by atoms with Gasteiger partial charge in [0.15, 0.2) is 0 Å². The monoisotopic (exact) mass is 124 g/mol. The van der Waals surface area contributed by atoms with E-state index >= 15 is 0 Å². The van der Waals surface area contributed by atoms with Gasteiger partial charge in [0.2, 0.25) is 0 Å². The molecule has 0 aliphatic carbocycles. The molecule has 1 atom stereocenters. The molecule has 0 fully saturated rings. The van der Waals surface area contributed by atoms with Gasteiger partial charge in [-0.05, 0) is 0 Å². The summed E-state index contributed by atoms with van der Waals surface area (Å²) in [6, 6.07) is 0. The van der Waals surface area contributed by atoms with Crippen LogP contribution in [-0.2, 0) is 10.2 Å². The fraction of sp³-hybridized carbons (Fsp3) is 1.00. The Morgan fingerprint density at radius 2 is 2.33 bits per heavy atom. The molecule has 3 heteroatoms. The quantitative estimate of drug-likeness (QED) is 0.405. The third-order valence-electron chi connectivity index (χ3n) is 0.284. The topological polar surface area (TPSA) is 23.1 Å². The molecule has 0 rings (SSSR count). The van der Waals surface area contributed by atoms with Crippen LogP contribution in [0, 0.1) is 0 Å². The Morgan fingerprint density at radius 3 is 2.33 bits per heavy atom. The first-order valence-electron chi connectivity index (χ1n) is 1.74. The van der Waals surface area contributed by atoms with E-state index in [1.165, 1.54) is 10.8 Å². The molecule has 0 heterocycles. The zero-order valence-electron chi connectivity index (χ0n) is 3.93. The van der Waals surface area contributed by atoms with E-state index in [2.05, 4.69) is 0 Å². The van der Waals surface area contributed by atoms with E-state index in [1.54, 1.807) is 6.26 Å². The standard InChI is InChI=1S/C3H8OS2/c1-3-5-6(2)4/h3H2,1-2H3. The van der Waals surface area contributed by atoms with Crippen LogP contribution >= 0.6 is 10.8 Å². The Bertz CT molecular complexity index is 30.0. The average Bonchev–Trinajstić information content (AvgIpc) is 1.35. The van der Waals surface area contributed by atoms with E-state index in [0.717, 1.165) is 5.75 Å². The molecule has 0 saturated heterocycles. The lowest BCUT2D eigenvalue weighted by molar-refractivity contribution is 0.614. The first-order valence-corrected chi connectivity index (χ1v) is 4.80. The van der Waals surface area contributed by atoms with E-state index in [4.69, 9.17) is 0 Å². The molecule has 0 aromatic rings. The molecule has 38 valence electrons. The maximum atomic E-state index is 10.1. The van der Waals surface area contributed by atoms with Gasteiger partial charge in [0.25, 0.3) is 0 Å². The predicted octanol–water partition coefficient (Wildman–Crippen LogP) is 1.03. The molecule has 0 radical (unpaired) electrons. The Labute approximate surface area is 45.1 Å². The summed E-state index contributed by atoms with van der Waals surface area (Å²) in [5, 5.41) is 0. The minimum atomic E-state index is -0.649. The van der Waals surface area contributed by atoms with Crippen LogP contribution < -0.4 is 0 Å². The Hall–Kier alpha value is 0.660. The predicted molar refractivity (Wildman–Crippen MR) is 32.2 cm³/mol. The molecular weight excluding hydrogens is 116 g/mol. The lowest BCUT2D eigenvalue weighted by Crippen LogP contribution is -1.86. The zero-order chi connectivity index (χ0) is 4.99. The van der Waals surface area contributed by atoms with Gasteiger partial charge in [-0.2, -0.15) is 0 Å². The van der Waals surface area contributed by atoms with Crippen molar-refractivity contribution >= 4 is 21.0 Å². The molecule has 1 unspecified atom stereocenters. The van der Waals surface area contributed by atoms with Crippen molar-refractivity contribution in [3.8, 4) is 0 Å². The van der Waals surface area contributed by atoms with E-state index in [9.17, 15) is 4.55 Å². The summed E-state index contributed by atoms with van der Waals surface area (Å²) in [6.45, 7) is 1.99. The fourth-order valence-corrected chi connectivity index (χ4v) is 1.49. The summed E-state index contributed by atoms with van der Waals surface area (Å²) >= 11 is 0. The molecular formula is C3H8OS2. The summed E-state index contributed by atoms with van der Waals surface area (Å²) in [4.78, 5) is 0. The number of rotatable bonds is 2. The maximum absolute atomic E-state index is 10.1. The Balaban J connectivity index is 2.63. The average molecular weight is 124 g/mol. The van der Waals surface area contributed by atoms with Gasteiger partial charge in [0, 0.05) is 16.0 Å². The third-order valence-corrected chi connectivity index (χ3v) is 2.55. The third kappa shape index (κ3) is 4.66. The molecule has 0 aromatic heterocycles. The normalized spacial score (nSPS) is 14.5. The van der Waals surface area contributed by atoms with Crippen LogP contribution in [0.4, 0.5) is 0 Å². The number of hydrogen-bond donors (Lipinski definition) is 0. The van der Waals surface area contributed by atoms with E-state index in [0.29, 0.717) is 0 Å². The SMILES string of the molecule is CCS[S+](C)[O-]. The highest BCUT2D eigenvalue weighted by atomic mass is 33.1. The lowest BCUT2D eigenvalue weighted by atomic mass is 11.0. The van der Waals surface area contributed by atoms with E-state index < -0.39 is 10.2 Å². The van der Waals surface area contributed by atoms with Crippen molar-refractivity contribution in [3.63, 3.8) is 0 Å². The van der Waals surface area contributed by atoms with Gasteiger partial charge in [-0.1, -0.05) is 6.92 Å². The lowest BCUT2D eigenvalue weighted by Gasteiger charge is -1.95. The first kappa shape index (κ1) is 6.66. The molecule has 0 aliphatic rings. The molecule has 0 bridgehead atoms. The van der Waals surface area contributed by atoms with Crippen LogP contribution in [0.3, 0.4) is 0 Å². The van der Waals surface area contributed by atoms with Gasteiger partial charge in [0.05, 0.1) is 10.8 Å². The van der Waals surface area contributed by atoms with Crippen LogP contribution in [0.5, 0.6) is 0 Å². The summed E-state index contributed by atoms with van der Waals surface area (Å²) in [5.41, 5.74) is 0. The van der Waals surface area contributed by atoms with Gasteiger partial charge in [-0.15, -0.1) is 0 Å². The smallest absolute Gasteiger partial charge is 0.107 e. The zero-order valence-corrected chi connectivity index (χ0v) is 5.56. The van der Waals surface area contributed by atoms with Crippen LogP contribution in [-0.4, -0.2) is 16.6 Å². The second-order valence-corrected chi connectivity index (χ2v) is 4.54. The van der Waals surface area contributed by atoms with Crippen LogP contribution in [0.2, 0.25) is 0 Å². The van der Waals surface area contributed by atoms with Gasteiger partial charge < -0.3 is 4.55 Å².